The zero-order chi connectivity index (χ0) is 20.4. The average molecular weight is 384 g/mol. The monoisotopic (exact) mass is 383 g/mol. The maximum atomic E-state index is 2.52. The highest BCUT2D eigenvalue weighted by Crippen LogP contribution is 2.33. The molecule has 0 unspecified atom stereocenters. The first-order valence-corrected chi connectivity index (χ1v) is 10.8. The molecular formula is C27H31N2+. The van der Waals surface area contributed by atoms with Crippen LogP contribution in [0.4, 0.5) is 0 Å². The third kappa shape index (κ3) is 3.37. The van der Waals surface area contributed by atoms with Gasteiger partial charge in [0.1, 0.15) is 5.69 Å². The fourth-order valence-electron chi connectivity index (χ4n) is 4.54. The number of para-hydroxylation sites is 3. The maximum absolute atomic E-state index is 2.52. The highest BCUT2D eigenvalue weighted by atomic mass is 15.2. The summed E-state index contributed by atoms with van der Waals surface area (Å²) < 4.78 is 4.88. The van der Waals surface area contributed by atoms with Crippen molar-refractivity contribution in [3.8, 4) is 17.1 Å². The maximum Gasteiger partial charge on any atom is 0.295 e. The average Bonchev–Trinajstić information content (AvgIpc) is 3.02. The van der Waals surface area contributed by atoms with E-state index in [1.54, 1.807) is 0 Å². The van der Waals surface area contributed by atoms with Crippen molar-refractivity contribution < 1.29 is 4.57 Å². The minimum atomic E-state index is 1.09. The highest BCUT2D eigenvalue weighted by Gasteiger charge is 2.29. The topological polar surface area (TPSA) is 8.81 Å². The molecule has 0 fully saturated rings. The number of aryl methyl sites for hydroxylation is 4. The van der Waals surface area contributed by atoms with Crippen molar-refractivity contribution in [2.45, 2.75) is 46.5 Å². The first-order chi connectivity index (χ1) is 14.2. The fraction of sp³-hybridized carbons (Fsp3) is 0.296. The van der Waals surface area contributed by atoms with Crippen LogP contribution in [-0.4, -0.2) is 4.57 Å². The van der Waals surface area contributed by atoms with E-state index in [0.717, 1.165) is 25.7 Å². The van der Waals surface area contributed by atoms with E-state index in [0.29, 0.717) is 0 Å². The Balaban J connectivity index is 2.15. The van der Waals surface area contributed by atoms with Gasteiger partial charge in [0.05, 0.1) is 12.6 Å². The van der Waals surface area contributed by atoms with Gasteiger partial charge < -0.3 is 0 Å². The molecule has 29 heavy (non-hydrogen) atoms. The molecule has 1 aromatic heterocycles. The molecule has 2 nitrogen and oxygen atoms in total. The molecule has 3 aromatic carbocycles. The van der Waals surface area contributed by atoms with Gasteiger partial charge in [-0.25, -0.2) is 4.57 Å². The molecule has 0 spiro atoms. The zero-order valence-electron chi connectivity index (χ0n) is 18.1. The largest absolute Gasteiger partial charge is 0.295 e. The van der Waals surface area contributed by atoms with Crippen LogP contribution in [0.5, 0.6) is 0 Å². The Morgan fingerprint density at radius 3 is 2.03 bits per heavy atom. The number of hydrogen-bond donors (Lipinski definition) is 0. The molecule has 0 saturated heterocycles. The molecule has 0 amide bonds. The lowest BCUT2D eigenvalue weighted by Gasteiger charge is -2.14. The van der Waals surface area contributed by atoms with Gasteiger partial charge in [-0.15, -0.1) is 0 Å². The predicted molar refractivity (Wildman–Crippen MR) is 123 cm³/mol. The van der Waals surface area contributed by atoms with Gasteiger partial charge in [0.25, 0.3) is 5.82 Å². The molecule has 0 saturated carbocycles. The number of fused-ring (bicyclic) bond motifs is 1. The zero-order valence-corrected chi connectivity index (χ0v) is 18.1. The predicted octanol–water partition coefficient (Wildman–Crippen LogP) is 6.34. The van der Waals surface area contributed by atoms with Gasteiger partial charge in [-0.3, -0.25) is 0 Å². The van der Waals surface area contributed by atoms with Crippen LogP contribution >= 0.6 is 0 Å². The highest BCUT2D eigenvalue weighted by molar-refractivity contribution is 5.80. The Labute approximate surface area is 174 Å². The van der Waals surface area contributed by atoms with Crippen LogP contribution in [0.3, 0.4) is 0 Å². The molecule has 148 valence electrons. The quantitative estimate of drug-likeness (QED) is 0.344. The summed E-state index contributed by atoms with van der Waals surface area (Å²) in [6.07, 6.45) is 4.48. The number of benzene rings is 3. The van der Waals surface area contributed by atoms with Crippen molar-refractivity contribution >= 4 is 11.0 Å². The number of hydrogen-bond acceptors (Lipinski definition) is 0. The van der Waals surface area contributed by atoms with Crippen LogP contribution in [0.25, 0.3) is 28.1 Å². The van der Waals surface area contributed by atoms with E-state index in [1.165, 1.54) is 44.8 Å². The smallest absolute Gasteiger partial charge is 0.225 e. The lowest BCUT2D eigenvalue weighted by Crippen LogP contribution is -2.30. The molecule has 0 aliphatic carbocycles. The number of nitrogens with zero attached hydrogens (tertiary/aromatic N) is 2. The second-order valence-corrected chi connectivity index (χ2v) is 7.95. The molecule has 4 rings (SSSR count). The Bertz CT molecular complexity index is 1130. The number of imidazole rings is 1. The molecule has 0 atom stereocenters. The molecule has 0 radical (unpaired) electrons. The summed E-state index contributed by atoms with van der Waals surface area (Å²) in [5.41, 5.74) is 9.39. The lowest BCUT2D eigenvalue weighted by molar-refractivity contribution is -0.633. The third-order valence-electron chi connectivity index (χ3n) is 5.86. The van der Waals surface area contributed by atoms with Gasteiger partial charge in [0.15, 0.2) is 11.0 Å². The summed E-state index contributed by atoms with van der Waals surface area (Å²) in [4.78, 5) is 0. The van der Waals surface area contributed by atoms with E-state index in [4.69, 9.17) is 0 Å². The standard InChI is InChI=1S/C27H31N2/c1-5-12-21-15-11-16-22(13-6-2)26(21)29-25-19-10-9-18-24(25)28(4)27(29)23-17-8-7-14-20(23)3/h7-11,14-19H,5-6,12-13H2,1-4H3/q+1. The summed E-state index contributed by atoms with van der Waals surface area (Å²) in [6.45, 7) is 6.75. The molecule has 0 aliphatic heterocycles. The first-order valence-electron chi connectivity index (χ1n) is 10.8. The Morgan fingerprint density at radius 1 is 0.759 bits per heavy atom. The molecule has 0 N–H and O–H groups in total. The van der Waals surface area contributed by atoms with Crippen LogP contribution in [0, 0.1) is 6.92 Å². The molecule has 0 aliphatic rings. The van der Waals surface area contributed by atoms with E-state index in [2.05, 4.69) is 104 Å². The van der Waals surface area contributed by atoms with Crippen molar-refractivity contribution in [2.75, 3.05) is 0 Å². The lowest BCUT2D eigenvalue weighted by atomic mass is 9.99. The van der Waals surface area contributed by atoms with E-state index in [9.17, 15) is 0 Å². The van der Waals surface area contributed by atoms with Crippen molar-refractivity contribution in [1.29, 1.82) is 0 Å². The second kappa shape index (κ2) is 8.24. The second-order valence-electron chi connectivity index (χ2n) is 7.95. The van der Waals surface area contributed by atoms with E-state index in [1.807, 2.05) is 0 Å². The minimum absolute atomic E-state index is 1.09. The summed E-state index contributed by atoms with van der Waals surface area (Å²) >= 11 is 0. The van der Waals surface area contributed by atoms with Crippen LogP contribution in [0.15, 0.2) is 66.7 Å². The van der Waals surface area contributed by atoms with Gasteiger partial charge in [-0.05, 0) is 54.7 Å². The summed E-state index contributed by atoms with van der Waals surface area (Å²) in [6, 6.07) is 24.4. The normalized spacial score (nSPS) is 11.3. The van der Waals surface area contributed by atoms with Gasteiger partial charge >= 0.3 is 0 Å². The third-order valence-corrected chi connectivity index (χ3v) is 5.86. The number of rotatable bonds is 6. The minimum Gasteiger partial charge on any atom is -0.225 e. The van der Waals surface area contributed by atoms with Crippen LogP contribution in [0.1, 0.15) is 43.4 Å². The molecule has 0 bridgehead atoms. The van der Waals surface area contributed by atoms with Gasteiger partial charge in [0, 0.05) is 0 Å². The Morgan fingerprint density at radius 2 is 1.38 bits per heavy atom. The van der Waals surface area contributed by atoms with Crippen molar-refractivity contribution in [1.82, 2.24) is 4.57 Å². The Kier molecular flexibility index (Phi) is 5.53. The summed E-state index contributed by atoms with van der Waals surface area (Å²) in [5, 5.41) is 0. The fourth-order valence-corrected chi connectivity index (χ4v) is 4.54. The van der Waals surface area contributed by atoms with Crippen LogP contribution in [-0.2, 0) is 19.9 Å². The summed E-state index contributed by atoms with van der Waals surface area (Å²) in [5.74, 6) is 1.25. The Hall–Kier alpha value is -2.87. The van der Waals surface area contributed by atoms with Gasteiger partial charge in [-0.1, -0.05) is 75.2 Å². The SMILES string of the molecule is CCCc1cccc(CCC)c1-n1c(-c2ccccc2C)[n+](C)c2ccccc21. The van der Waals surface area contributed by atoms with Crippen LogP contribution < -0.4 is 4.57 Å². The molecule has 2 heteroatoms. The first kappa shape index (κ1) is 19.4. The van der Waals surface area contributed by atoms with Crippen LogP contribution in [0.2, 0.25) is 0 Å². The van der Waals surface area contributed by atoms with Crippen molar-refractivity contribution in [3.05, 3.63) is 83.4 Å². The molecule has 4 aromatic rings. The van der Waals surface area contributed by atoms with Gasteiger partial charge in [-0.2, -0.15) is 4.57 Å². The van der Waals surface area contributed by atoms with Crippen molar-refractivity contribution in [2.24, 2.45) is 7.05 Å². The molecule has 1 heterocycles. The van der Waals surface area contributed by atoms with E-state index in [-0.39, 0.29) is 0 Å². The van der Waals surface area contributed by atoms with Crippen molar-refractivity contribution in [3.63, 3.8) is 0 Å². The summed E-state index contributed by atoms with van der Waals surface area (Å²) in [7, 11) is 2.20. The van der Waals surface area contributed by atoms with E-state index >= 15 is 0 Å². The molecular weight excluding hydrogens is 352 g/mol. The van der Waals surface area contributed by atoms with E-state index < -0.39 is 0 Å². The number of aromatic nitrogens is 2. The van der Waals surface area contributed by atoms with Gasteiger partial charge in [0.2, 0.25) is 0 Å².